The number of unbranched alkanes of at least 4 members (excludes halogenated alkanes) is 2. The van der Waals surface area contributed by atoms with E-state index in [9.17, 15) is 24.3 Å². The minimum Gasteiger partial charge on any atom is -0.460 e. The first kappa shape index (κ1) is 33.7. The van der Waals surface area contributed by atoms with Crippen LogP contribution in [-0.2, 0) is 28.7 Å². The molecule has 10 nitrogen and oxygen atoms in total. The van der Waals surface area contributed by atoms with Gasteiger partial charge in [-0.1, -0.05) is 35.9 Å². The second kappa shape index (κ2) is 14.7. The number of nitrogens with one attached hydrogen (secondary N) is 1. The van der Waals surface area contributed by atoms with Crippen molar-refractivity contribution >= 4 is 41.0 Å². The number of aliphatic hydroxyl groups is 1. The highest BCUT2D eigenvalue weighted by atomic mass is 35.5. The molecule has 3 aliphatic heterocycles. The molecular weight excluding hydrogens is 586 g/mol. The average Bonchev–Trinajstić information content (AvgIpc) is 3.63. The van der Waals surface area contributed by atoms with E-state index in [-0.39, 0.29) is 44.0 Å². The molecule has 3 heterocycles. The van der Waals surface area contributed by atoms with Crippen LogP contribution in [0.2, 0.25) is 5.02 Å². The van der Waals surface area contributed by atoms with Gasteiger partial charge in [-0.3, -0.25) is 19.2 Å². The Hall–Kier alpha value is -3.21. The fraction of sp³-hybridized carbons (Fsp3) is 0.576. The number of allylic oxidation sites excluding steroid dienone is 1. The predicted octanol–water partition coefficient (Wildman–Crippen LogP) is 3.72. The monoisotopic (exact) mass is 629 g/mol. The van der Waals surface area contributed by atoms with Crippen LogP contribution in [0.4, 0.5) is 5.69 Å². The standard InChI is InChI=1S/C33H44ClN3O7/c1-5-7-14-25(39)35-20-22(4)43-32(42)26-24-15-16-33(44-24)27(26)30(40)37(18-9-8-10-19-38)29(33)31(41)36(17-6-2)28-21(3)12-11-13-23(28)34/h5-6,11-13,22,24,26-27,29,38H,1-2,7-10,14-20H2,3-4H3,(H,35,39)/t22-,24+,26-,27-,29+,33-/m0/s1. The Kier molecular flexibility index (Phi) is 11.3. The molecule has 2 bridgehead atoms. The summed E-state index contributed by atoms with van der Waals surface area (Å²) in [5, 5.41) is 12.4. The maximum atomic E-state index is 14.6. The number of aliphatic hydroxyl groups excluding tert-OH is 1. The number of para-hydroxylation sites is 1. The van der Waals surface area contributed by atoms with Crippen molar-refractivity contribution in [2.24, 2.45) is 11.8 Å². The van der Waals surface area contributed by atoms with Crippen molar-refractivity contribution in [3.63, 3.8) is 0 Å². The van der Waals surface area contributed by atoms with Gasteiger partial charge in [-0.2, -0.15) is 0 Å². The highest BCUT2D eigenvalue weighted by Crippen LogP contribution is 2.59. The van der Waals surface area contributed by atoms with Crippen LogP contribution in [0.1, 0.15) is 57.4 Å². The molecule has 3 amide bonds. The summed E-state index contributed by atoms with van der Waals surface area (Å²) < 4.78 is 12.3. The highest BCUT2D eigenvalue weighted by molar-refractivity contribution is 6.34. The maximum absolute atomic E-state index is 14.6. The van der Waals surface area contributed by atoms with E-state index in [1.54, 1.807) is 34.9 Å². The molecule has 240 valence electrons. The van der Waals surface area contributed by atoms with Crippen molar-refractivity contribution in [1.29, 1.82) is 0 Å². The quantitative estimate of drug-likeness (QED) is 0.162. The number of nitrogens with zero attached hydrogens (tertiary/aromatic N) is 2. The fourth-order valence-electron chi connectivity index (χ4n) is 6.94. The van der Waals surface area contributed by atoms with Gasteiger partial charge in [-0.05, 0) is 64.0 Å². The number of aryl methyl sites for hydroxylation is 1. The second-order valence-electron chi connectivity index (χ2n) is 11.9. The van der Waals surface area contributed by atoms with Crippen LogP contribution >= 0.6 is 11.6 Å². The van der Waals surface area contributed by atoms with E-state index in [1.807, 2.05) is 19.1 Å². The zero-order valence-corrected chi connectivity index (χ0v) is 26.4. The molecule has 3 saturated heterocycles. The van der Waals surface area contributed by atoms with Gasteiger partial charge in [0.25, 0.3) is 5.91 Å². The summed E-state index contributed by atoms with van der Waals surface area (Å²) in [6, 6.07) is 4.41. The molecule has 1 aromatic carbocycles. The van der Waals surface area contributed by atoms with Gasteiger partial charge >= 0.3 is 5.97 Å². The Bertz CT molecular complexity index is 1250. The Morgan fingerprint density at radius 3 is 2.73 bits per heavy atom. The number of hydrogen-bond acceptors (Lipinski definition) is 7. The third-order valence-corrected chi connectivity index (χ3v) is 9.18. The van der Waals surface area contributed by atoms with Crippen LogP contribution in [-0.4, -0.2) is 83.8 Å². The van der Waals surface area contributed by atoms with E-state index in [4.69, 9.17) is 21.1 Å². The molecule has 1 aromatic rings. The molecule has 11 heteroatoms. The number of halogens is 1. The number of benzene rings is 1. The lowest BCUT2D eigenvalue weighted by molar-refractivity contribution is -0.159. The van der Waals surface area contributed by atoms with E-state index < -0.39 is 41.7 Å². The third kappa shape index (κ3) is 6.57. The van der Waals surface area contributed by atoms with Crippen molar-refractivity contribution in [3.8, 4) is 0 Å². The number of carbonyl (C=O) groups excluding carboxylic acids is 4. The lowest BCUT2D eigenvalue weighted by atomic mass is 9.70. The largest absolute Gasteiger partial charge is 0.460 e. The van der Waals surface area contributed by atoms with Gasteiger partial charge in [0.1, 0.15) is 17.7 Å². The Morgan fingerprint density at radius 1 is 1.27 bits per heavy atom. The number of hydrogen-bond donors (Lipinski definition) is 2. The topological polar surface area (TPSA) is 125 Å². The molecule has 0 aliphatic carbocycles. The van der Waals surface area contributed by atoms with Gasteiger partial charge in [0, 0.05) is 26.1 Å². The van der Waals surface area contributed by atoms with E-state index in [0.717, 1.165) is 5.56 Å². The van der Waals surface area contributed by atoms with Gasteiger partial charge < -0.3 is 29.7 Å². The molecule has 1 spiro atoms. The average molecular weight is 630 g/mol. The molecular formula is C33H44ClN3O7. The number of likely N-dealkylation sites (tertiary alicyclic amines) is 1. The zero-order chi connectivity index (χ0) is 32.0. The smallest absolute Gasteiger partial charge is 0.312 e. The van der Waals surface area contributed by atoms with Crippen molar-refractivity contribution in [2.45, 2.75) is 82.6 Å². The molecule has 44 heavy (non-hydrogen) atoms. The van der Waals surface area contributed by atoms with Crippen LogP contribution in [0.3, 0.4) is 0 Å². The number of fused-ring (bicyclic) bond motifs is 1. The van der Waals surface area contributed by atoms with E-state index in [0.29, 0.717) is 55.7 Å². The molecule has 4 rings (SSSR count). The number of ether oxygens (including phenoxy) is 2. The maximum Gasteiger partial charge on any atom is 0.312 e. The molecule has 3 aliphatic rings. The summed E-state index contributed by atoms with van der Waals surface area (Å²) in [5.74, 6) is -3.14. The van der Waals surface area contributed by atoms with Gasteiger partial charge in [0.2, 0.25) is 11.8 Å². The van der Waals surface area contributed by atoms with Crippen molar-refractivity contribution in [3.05, 3.63) is 54.1 Å². The third-order valence-electron chi connectivity index (χ3n) is 8.88. The molecule has 0 radical (unpaired) electrons. The van der Waals surface area contributed by atoms with Crippen LogP contribution in [0.5, 0.6) is 0 Å². The summed E-state index contributed by atoms with van der Waals surface area (Å²) >= 11 is 6.61. The summed E-state index contributed by atoms with van der Waals surface area (Å²) in [6.45, 7) is 11.6. The fourth-order valence-corrected chi connectivity index (χ4v) is 7.27. The Balaban J connectivity index is 1.62. The minimum absolute atomic E-state index is 0.0351. The summed E-state index contributed by atoms with van der Waals surface area (Å²) in [5.41, 5.74) is 0.138. The van der Waals surface area contributed by atoms with Crippen molar-refractivity contribution < 1.29 is 33.8 Å². The molecule has 2 N–H and O–H groups in total. The van der Waals surface area contributed by atoms with Crippen LogP contribution in [0.25, 0.3) is 0 Å². The predicted molar refractivity (Wildman–Crippen MR) is 167 cm³/mol. The van der Waals surface area contributed by atoms with Gasteiger partial charge in [-0.15, -0.1) is 13.2 Å². The normalized spacial score (nSPS) is 25.8. The lowest BCUT2D eigenvalue weighted by Crippen LogP contribution is -2.56. The number of rotatable bonds is 16. The van der Waals surface area contributed by atoms with E-state index >= 15 is 0 Å². The Labute approximate surface area is 264 Å². The number of carbonyl (C=O) groups is 4. The van der Waals surface area contributed by atoms with Crippen molar-refractivity contribution in [1.82, 2.24) is 10.2 Å². The number of anilines is 1. The summed E-state index contributed by atoms with van der Waals surface area (Å²) in [7, 11) is 0. The van der Waals surface area contributed by atoms with Gasteiger partial charge in [-0.25, -0.2) is 0 Å². The molecule has 0 unspecified atom stereocenters. The first-order chi connectivity index (χ1) is 21.1. The van der Waals surface area contributed by atoms with Crippen LogP contribution < -0.4 is 10.2 Å². The second-order valence-corrected chi connectivity index (χ2v) is 12.3. The number of amides is 3. The van der Waals surface area contributed by atoms with Gasteiger partial charge in [0.15, 0.2) is 0 Å². The van der Waals surface area contributed by atoms with Crippen LogP contribution in [0, 0.1) is 18.8 Å². The molecule has 3 fully saturated rings. The van der Waals surface area contributed by atoms with Gasteiger partial charge in [0.05, 0.1) is 35.2 Å². The molecule has 0 saturated carbocycles. The summed E-state index contributed by atoms with van der Waals surface area (Å²) in [4.78, 5) is 57.6. The Morgan fingerprint density at radius 2 is 2.05 bits per heavy atom. The molecule has 0 aromatic heterocycles. The SMILES string of the molecule is C=CCCC(=O)NC[C@H](C)OC(=O)[C@@H]1[C@H]2C(=O)N(CCCCCO)[C@H](C(=O)N(CC=C)c3c(C)cccc3Cl)[C@]23CC[C@H]1O3. The first-order valence-electron chi connectivity index (χ1n) is 15.5. The lowest BCUT2D eigenvalue weighted by Gasteiger charge is -2.37. The first-order valence-corrected chi connectivity index (χ1v) is 15.8. The van der Waals surface area contributed by atoms with E-state index in [2.05, 4.69) is 18.5 Å². The zero-order valence-electron chi connectivity index (χ0n) is 25.6. The van der Waals surface area contributed by atoms with Crippen molar-refractivity contribution in [2.75, 3.05) is 31.1 Å². The van der Waals surface area contributed by atoms with E-state index in [1.165, 1.54) is 0 Å². The minimum atomic E-state index is -1.20. The molecule has 6 atom stereocenters. The highest BCUT2D eigenvalue weighted by Gasteiger charge is 2.75. The van der Waals surface area contributed by atoms with Crippen LogP contribution in [0.15, 0.2) is 43.5 Å². The number of esters is 1. The summed E-state index contributed by atoms with van der Waals surface area (Å²) in [6.07, 6.45) is 5.70.